The van der Waals surface area contributed by atoms with Crippen molar-refractivity contribution in [1.82, 2.24) is 4.90 Å². The Balaban J connectivity index is 1.74. The number of ether oxygens (including phenoxy) is 2. The molecule has 1 aromatic carbocycles. The van der Waals surface area contributed by atoms with Gasteiger partial charge in [0.15, 0.2) is 11.4 Å². The maximum absolute atomic E-state index is 12.4. The molecule has 0 saturated carbocycles. The smallest absolute Gasteiger partial charge is 0.410 e. The number of nitrogens with zero attached hydrogens (tertiary/aromatic N) is 1. The van der Waals surface area contributed by atoms with Gasteiger partial charge < -0.3 is 19.5 Å². The second-order valence-corrected chi connectivity index (χ2v) is 5.87. The number of fused-ring (bicyclic) bond motifs is 1. The van der Waals surface area contributed by atoms with E-state index < -0.39 is 17.7 Å². The first-order valence-electron chi connectivity index (χ1n) is 7.61. The van der Waals surface area contributed by atoms with Crippen LogP contribution in [0.3, 0.4) is 0 Å². The normalized spacial score (nSPS) is 18.0. The van der Waals surface area contributed by atoms with Crippen LogP contribution >= 0.6 is 0 Å². The van der Waals surface area contributed by atoms with E-state index in [-0.39, 0.29) is 12.2 Å². The number of carboxylic acids is 1. The molecule has 0 unspecified atom stereocenters. The molecular formula is C17H17NO6. The van der Waals surface area contributed by atoms with Crippen LogP contribution in [-0.2, 0) is 9.53 Å². The van der Waals surface area contributed by atoms with Crippen molar-refractivity contribution in [1.29, 1.82) is 0 Å². The standard InChI is InChI=1S/C17H17NO6/c1-2-23-16(22)18-9-17(10-18)8-13(19)12-7-11(4-6-15(20)21)3-5-14(12)24-17/h3-7H,2,8-10H2,1H3,(H,20,21). The van der Waals surface area contributed by atoms with E-state index in [1.54, 1.807) is 25.1 Å². The first kappa shape index (κ1) is 16.0. The lowest BCUT2D eigenvalue weighted by molar-refractivity contribution is -0.131. The Hall–Kier alpha value is -2.83. The van der Waals surface area contributed by atoms with Crippen LogP contribution in [-0.4, -0.2) is 53.1 Å². The Labute approximate surface area is 138 Å². The first-order valence-corrected chi connectivity index (χ1v) is 7.61. The number of rotatable bonds is 3. The highest BCUT2D eigenvalue weighted by Crippen LogP contribution is 2.39. The quantitative estimate of drug-likeness (QED) is 0.851. The van der Waals surface area contributed by atoms with Gasteiger partial charge in [0, 0.05) is 6.08 Å². The molecule has 2 aliphatic heterocycles. The molecule has 1 fully saturated rings. The van der Waals surface area contributed by atoms with Gasteiger partial charge in [-0.05, 0) is 30.7 Å². The summed E-state index contributed by atoms with van der Waals surface area (Å²) >= 11 is 0. The topological polar surface area (TPSA) is 93.1 Å². The molecule has 1 amide bonds. The molecule has 0 atom stereocenters. The molecule has 1 saturated heterocycles. The molecule has 7 nitrogen and oxygen atoms in total. The molecule has 2 heterocycles. The molecule has 24 heavy (non-hydrogen) atoms. The third-order valence-electron chi connectivity index (χ3n) is 4.02. The van der Waals surface area contributed by atoms with Crippen molar-refractivity contribution in [3.63, 3.8) is 0 Å². The molecule has 1 spiro atoms. The molecular weight excluding hydrogens is 314 g/mol. The van der Waals surface area contributed by atoms with E-state index in [1.165, 1.54) is 11.0 Å². The van der Waals surface area contributed by atoms with Crippen LogP contribution in [0.1, 0.15) is 29.3 Å². The van der Waals surface area contributed by atoms with Crippen LogP contribution in [0.25, 0.3) is 6.08 Å². The van der Waals surface area contributed by atoms with Gasteiger partial charge in [-0.1, -0.05) is 6.07 Å². The van der Waals surface area contributed by atoms with E-state index >= 15 is 0 Å². The van der Waals surface area contributed by atoms with Crippen molar-refractivity contribution in [3.05, 3.63) is 35.4 Å². The van der Waals surface area contributed by atoms with E-state index in [1.807, 2.05) is 0 Å². The van der Waals surface area contributed by atoms with Crippen molar-refractivity contribution in [2.75, 3.05) is 19.7 Å². The maximum atomic E-state index is 12.4. The van der Waals surface area contributed by atoms with Gasteiger partial charge in [-0.25, -0.2) is 9.59 Å². The monoisotopic (exact) mass is 331 g/mol. The summed E-state index contributed by atoms with van der Waals surface area (Å²) < 4.78 is 10.9. The lowest BCUT2D eigenvalue weighted by atomic mass is 9.83. The van der Waals surface area contributed by atoms with Gasteiger partial charge in [0.05, 0.1) is 31.7 Å². The lowest BCUT2D eigenvalue weighted by Crippen LogP contribution is -2.68. The van der Waals surface area contributed by atoms with E-state index in [4.69, 9.17) is 14.6 Å². The fraction of sp³-hybridized carbons (Fsp3) is 0.353. The highest BCUT2D eigenvalue weighted by Gasteiger charge is 2.52. The Morgan fingerprint density at radius 1 is 1.42 bits per heavy atom. The first-order chi connectivity index (χ1) is 11.4. The van der Waals surface area contributed by atoms with Crippen molar-refractivity contribution in [2.24, 2.45) is 0 Å². The van der Waals surface area contributed by atoms with Crippen molar-refractivity contribution >= 4 is 23.9 Å². The summed E-state index contributed by atoms with van der Waals surface area (Å²) in [7, 11) is 0. The van der Waals surface area contributed by atoms with E-state index in [0.717, 1.165) is 6.08 Å². The van der Waals surface area contributed by atoms with Gasteiger partial charge >= 0.3 is 12.1 Å². The van der Waals surface area contributed by atoms with Gasteiger partial charge in [-0.2, -0.15) is 0 Å². The minimum atomic E-state index is -1.05. The van der Waals surface area contributed by atoms with Crippen molar-refractivity contribution in [2.45, 2.75) is 18.9 Å². The summed E-state index contributed by atoms with van der Waals surface area (Å²) in [6, 6.07) is 4.96. The highest BCUT2D eigenvalue weighted by molar-refractivity contribution is 6.01. The molecule has 0 aromatic heterocycles. The number of amides is 1. The van der Waals surface area contributed by atoms with Gasteiger partial charge in [0.1, 0.15) is 5.75 Å². The minimum Gasteiger partial charge on any atom is -0.482 e. The summed E-state index contributed by atoms with van der Waals surface area (Å²) in [5, 5.41) is 8.66. The molecule has 126 valence electrons. The fourth-order valence-corrected chi connectivity index (χ4v) is 2.95. The average molecular weight is 331 g/mol. The number of likely N-dealkylation sites (tertiary alicyclic amines) is 1. The van der Waals surface area contributed by atoms with Gasteiger partial charge in [-0.3, -0.25) is 4.79 Å². The van der Waals surface area contributed by atoms with E-state index in [9.17, 15) is 14.4 Å². The summed E-state index contributed by atoms with van der Waals surface area (Å²) in [6.07, 6.45) is 2.22. The molecule has 0 radical (unpaired) electrons. The molecule has 0 aliphatic carbocycles. The Bertz CT molecular complexity index is 733. The third-order valence-corrected chi connectivity index (χ3v) is 4.02. The summed E-state index contributed by atoms with van der Waals surface area (Å²) in [5.74, 6) is -0.671. The predicted octanol–water partition coefficient (Wildman–Crippen LogP) is 1.96. The van der Waals surface area contributed by atoms with Crippen LogP contribution in [0.5, 0.6) is 5.75 Å². The number of carbonyl (C=O) groups is 3. The molecule has 1 N–H and O–H groups in total. The largest absolute Gasteiger partial charge is 0.482 e. The minimum absolute atomic E-state index is 0.0784. The van der Waals surface area contributed by atoms with E-state index in [2.05, 4.69) is 0 Å². The van der Waals surface area contributed by atoms with Crippen LogP contribution in [0.2, 0.25) is 0 Å². The van der Waals surface area contributed by atoms with Crippen LogP contribution in [0, 0.1) is 0 Å². The summed E-state index contributed by atoms with van der Waals surface area (Å²) in [5.41, 5.74) is 0.364. The zero-order valence-corrected chi connectivity index (χ0v) is 13.2. The zero-order valence-electron chi connectivity index (χ0n) is 13.2. The molecule has 3 rings (SSSR count). The number of Topliss-reactive ketones (excluding diaryl/α,β-unsaturated/α-hetero) is 1. The SMILES string of the molecule is CCOC(=O)N1CC2(CC(=O)c3cc(C=CC(=O)O)ccc3O2)C1. The molecule has 0 bridgehead atoms. The molecule has 7 heteroatoms. The number of benzene rings is 1. The number of hydrogen-bond donors (Lipinski definition) is 1. The molecule has 1 aromatic rings. The summed E-state index contributed by atoms with van der Waals surface area (Å²) in [4.78, 5) is 36.2. The molecule has 2 aliphatic rings. The second-order valence-electron chi connectivity index (χ2n) is 5.87. The van der Waals surface area contributed by atoms with Crippen molar-refractivity contribution in [3.8, 4) is 5.75 Å². The van der Waals surface area contributed by atoms with Crippen LogP contribution in [0.15, 0.2) is 24.3 Å². The third kappa shape index (κ3) is 2.97. The summed E-state index contributed by atoms with van der Waals surface area (Å²) in [6.45, 7) is 2.67. The fourth-order valence-electron chi connectivity index (χ4n) is 2.95. The number of hydrogen-bond acceptors (Lipinski definition) is 5. The average Bonchev–Trinajstić information content (AvgIpc) is 2.50. The van der Waals surface area contributed by atoms with Crippen LogP contribution < -0.4 is 4.74 Å². The van der Waals surface area contributed by atoms with Crippen LogP contribution in [0.4, 0.5) is 4.79 Å². The Kier molecular flexibility index (Phi) is 4.01. The Morgan fingerprint density at radius 2 is 2.17 bits per heavy atom. The van der Waals surface area contributed by atoms with Crippen molar-refractivity contribution < 1.29 is 29.0 Å². The number of carboxylic acid groups (broad SMARTS) is 1. The van der Waals surface area contributed by atoms with Gasteiger partial charge in [0.2, 0.25) is 0 Å². The number of ketones is 1. The predicted molar refractivity (Wildman–Crippen MR) is 84.0 cm³/mol. The zero-order chi connectivity index (χ0) is 17.3. The maximum Gasteiger partial charge on any atom is 0.410 e. The van der Waals surface area contributed by atoms with Gasteiger partial charge in [-0.15, -0.1) is 0 Å². The van der Waals surface area contributed by atoms with Gasteiger partial charge in [0.25, 0.3) is 0 Å². The Morgan fingerprint density at radius 3 is 2.83 bits per heavy atom. The number of aliphatic carboxylic acids is 1. The second kappa shape index (κ2) is 5.99. The van der Waals surface area contributed by atoms with E-state index in [0.29, 0.717) is 36.6 Å². The lowest BCUT2D eigenvalue weighted by Gasteiger charge is -2.50. The highest BCUT2D eigenvalue weighted by atomic mass is 16.6. The number of carbonyl (C=O) groups excluding carboxylic acids is 2.